The maximum absolute atomic E-state index is 12.3. The van der Waals surface area contributed by atoms with Crippen molar-refractivity contribution in [3.63, 3.8) is 0 Å². The van der Waals surface area contributed by atoms with Gasteiger partial charge in [0.25, 0.3) is 0 Å². The molecule has 0 aromatic heterocycles. The van der Waals surface area contributed by atoms with Crippen molar-refractivity contribution in [3.05, 3.63) is 29.8 Å². The summed E-state index contributed by atoms with van der Waals surface area (Å²) in [5.41, 5.74) is 0.487. The van der Waals surface area contributed by atoms with Crippen molar-refractivity contribution in [2.24, 2.45) is 5.92 Å². The Kier molecular flexibility index (Phi) is 5.64. The van der Waals surface area contributed by atoms with Crippen LogP contribution in [0, 0.1) is 5.92 Å². The molecule has 5 nitrogen and oxygen atoms in total. The summed E-state index contributed by atoms with van der Waals surface area (Å²) in [6.07, 6.45) is 4.86. The number of rotatable bonds is 6. The number of hydrogen-bond donors (Lipinski definition) is 2. The molecular weight excluding hydrogens is 316 g/mol. The lowest BCUT2D eigenvalue weighted by atomic mass is 9.93. The van der Waals surface area contributed by atoms with Gasteiger partial charge < -0.3 is 15.2 Å². The Morgan fingerprint density at radius 2 is 2.00 bits per heavy atom. The molecule has 0 radical (unpaired) electrons. The molecule has 3 rings (SSSR count). The molecule has 1 aromatic rings. The van der Waals surface area contributed by atoms with Gasteiger partial charge in [0.1, 0.15) is 5.75 Å². The van der Waals surface area contributed by atoms with Gasteiger partial charge in [0.15, 0.2) is 0 Å². The molecule has 1 saturated heterocycles. The first-order valence-corrected chi connectivity index (χ1v) is 9.34. The molecule has 138 valence electrons. The van der Waals surface area contributed by atoms with Gasteiger partial charge in [-0.05, 0) is 56.5 Å². The lowest BCUT2D eigenvalue weighted by molar-refractivity contribution is -0.126. The molecule has 0 unspecified atom stereocenters. The summed E-state index contributed by atoms with van der Waals surface area (Å²) >= 11 is 0. The molecule has 1 amide bonds. The Morgan fingerprint density at radius 1 is 1.32 bits per heavy atom. The molecule has 2 atom stereocenters. The predicted molar refractivity (Wildman–Crippen MR) is 97.5 cm³/mol. The van der Waals surface area contributed by atoms with Crippen LogP contribution in [0.3, 0.4) is 0 Å². The van der Waals surface area contributed by atoms with E-state index < -0.39 is 5.60 Å². The molecule has 1 heterocycles. The molecule has 1 aromatic carbocycles. The fourth-order valence-electron chi connectivity index (χ4n) is 4.38. The Morgan fingerprint density at radius 3 is 2.64 bits per heavy atom. The van der Waals surface area contributed by atoms with Crippen molar-refractivity contribution in [1.82, 2.24) is 10.2 Å². The van der Waals surface area contributed by atoms with Crippen LogP contribution in [0.15, 0.2) is 24.3 Å². The number of aliphatic hydroxyl groups is 1. The largest absolute Gasteiger partial charge is 0.497 e. The van der Waals surface area contributed by atoms with Crippen molar-refractivity contribution in [2.75, 3.05) is 27.2 Å². The number of methoxy groups -OCH3 is 1. The number of carbonyl (C=O) groups is 1. The van der Waals surface area contributed by atoms with E-state index in [-0.39, 0.29) is 12.3 Å². The van der Waals surface area contributed by atoms with Crippen LogP contribution >= 0.6 is 0 Å². The monoisotopic (exact) mass is 346 g/mol. The Bertz CT molecular complexity index is 581. The number of likely N-dealkylation sites (tertiary alicyclic amines) is 1. The molecule has 25 heavy (non-hydrogen) atoms. The SMILES string of the molecule is COc1ccc([C@H]2[C@H](CNC(=O)CC3(O)CCCC3)CCN2C)cc1. The average molecular weight is 346 g/mol. The summed E-state index contributed by atoms with van der Waals surface area (Å²) in [5, 5.41) is 13.5. The van der Waals surface area contributed by atoms with Gasteiger partial charge in [-0.3, -0.25) is 9.69 Å². The van der Waals surface area contributed by atoms with Crippen molar-refractivity contribution >= 4 is 5.91 Å². The van der Waals surface area contributed by atoms with Gasteiger partial charge >= 0.3 is 0 Å². The minimum atomic E-state index is -0.772. The van der Waals surface area contributed by atoms with Crippen LogP contribution in [0.2, 0.25) is 0 Å². The highest BCUT2D eigenvalue weighted by atomic mass is 16.5. The van der Waals surface area contributed by atoms with E-state index in [0.29, 0.717) is 18.5 Å². The van der Waals surface area contributed by atoms with Crippen molar-refractivity contribution < 1.29 is 14.6 Å². The molecule has 2 aliphatic rings. The molecule has 0 spiro atoms. The van der Waals surface area contributed by atoms with Gasteiger partial charge in [-0.25, -0.2) is 0 Å². The van der Waals surface area contributed by atoms with E-state index in [9.17, 15) is 9.90 Å². The van der Waals surface area contributed by atoms with Crippen LogP contribution in [-0.2, 0) is 4.79 Å². The van der Waals surface area contributed by atoms with E-state index >= 15 is 0 Å². The third-order valence-electron chi connectivity index (χ3n) is 5.82. The lowest BCUT2D eigenvalue weighted by Gasteiger charge is -2.27. The number of amides is 1. The molecule has 2 N–H and O–H groups in total. The van der Waals surface area contributed by atoms with Gasteiger partial charge in [-0.2, -0.15) is 0 Å². The van der Waals surface area contributed by atoms with Gasteiger partial charge in [0, 0.05) is 12.6 Å². The summed E-state index contributed by atoms with van der Waals surface area (Å²) in [6, 6.07) is 8.52. The quantitative estimate of drug-likeness (QED) is 0.831. The highest BCUT2D eigenvalue weighted by Gasteiger charge is 2.35. The Labute approximate surface area is 150 Å². The lowest BCUT2D eigenvalue weighted by Crippen LogP contribution is -2.37. The second-order valence-electron chi connectivity index (χ2n) is 7.66. The first kappa shape index (κ1) is 18.2. The van der Waals surface area contributed by atoms with E-state index in [1.165, 1.54) is 5.56 Å². The zero-order chi connectivity index (χ0) is 17.9. The summed E-state index contributed by atoms with van der Waals surface area (Å²) in [5.74, 6) is 1.23. The minimum absolute atomic E-state index is 0.0209. The van der Waals surface area contributed by atoms with Crippen LogP contribution < -0.4 is 10.1 Å². The van der Waals surface area contributed by atoms with E-state index in [1.54, 1.807) is 7.11 Å². The first-order valence-electron chi connectivity index (χ1n) is 9.34. The third kappa shape index (κ3) is 4.33. The van der Waals surface area contributed by atoms with Crippen molar-refractivity contribution in [2.45, 2.75) is 50.2 Å². The van der Waals surface area contributed by atoms with Gasteiger partial charge in [0.05, 0.1) is 19.1 Å². The van der Waals surface area contributed by atoms with Gasteiger partial charge in [-0.15, -0.1) is 0 Å². The minimum Gasteiger partial charge on any atom is -0.497 e. The second kappa shape index (κ2) is 7.75. The summed E-state index contributed by atoms with van der Waals surface area (Å²) in [4.78, 5) is 14.6. The second-order valence-corrected chi connectivity index (χ2v) is 7.66. The van der Waals surface area contributed by atoms with Crippen molar-refractivity contribution in [3.8, 4) is 5.75 Å². The van der Waals surface area contributed by atoms with Crippen LogP contribution in [0.25, 0.3) is 0 Å². The highest BCUT2D eigenvalue weighted by molar-refractivity contribution is 5.77. The number of nitrogens with one attached hydrogen (secondary N) is 1. The summed E-state index contributed by atoms with van der Waals surface area (Å²) in [7, 11) is 3.81. The average Bonchev–Trinajstić information content (AvgIpc) is 3.19. The first-order chi connectivity index (χ1) is 12.0. The zero-order valence-corrected chi connectivity index (χ0v) is 15.3. The third-order valence-corrected chi connectivity index (χ3v) is 5.82. The highest BCUT2D eigenvalue weighted by Crippen LogP contribution is 2.36. The fourth-order valence-corrected chi connectivity index (χ4v) is 4.38. The zero-order valence-electron chi connectivity index (χ0n) is 15.3. The molecule has 2 fully saturated rings. The molecule has 0 bridgehead atoms. The van der Waals surface area contributed by atoms with E-state index in [2.05, 4.69) is 29.4 Å². The van der Waals surface area contributed by atoms with Crippen LogP contribution in [-0.4, -0.2) is 48.8 Å². The molecule has 5 heteroatoms. The molecule has 1 aliphatic carbocycles. The number of ether oxygens (including phenoxy) is 1. The number of hydrogen-bond acceptors (Lipinski definition) is 4. The van der Waals surface area contributed by atoms with Crippen LogP contribution in [0.5, 0.6) is 5.75 Å². The van der Waals surface area contributed by atoms with E-state index in [4.69, 9.17) is 4.74 Å². The van der Waals surface area contributed by atoms with Crippen molar-refractivity contribution in [1.29, 1.82) is 0 Å². The maximum atomic E-state index is 12.3. The number of carbonyl (C=O) groups excluding carboxylic acids is 1. The van der Waals surface area contributed by atoms with Gasteiger partial charge in [-0.1, -0.05) is 25.0 Å². The Hall–Kier alpha value is -1.59. The van der Waals surface area contributed by atoms with E-state index in [0.717, 1.165) is 44.4 Å². The summed E-state index contributed by atoms with van der Waals surface area (Å²) < 4.78 is 5.24. The topological polar surface area (TPSA) is 61.8 Å². The predicted octanol–water partition coefficient (Wildman–Crippen LogP) is 2.50. The molecule has 1 aliphatic heterocycles. The molecular formula is C20H30N2O3. The Balaban J connectivity index is 1.57. The molecule has 1 saturated carbocycles. The fraction of sp³-hybridized carbons (Fsp3) is 0.650. The number of benzene rings is 1. The van der Waals surface area contributed by atoms with Crippen LogP contribution in [0.4, 0.5) is 0 Å². The maximum Gasteiger partial charge on any atom is 0.222 e. The number of nitrogens with zero attached hydrogens (tertiary/aromatic N) is 1. The van der Waals surface area contributed by atoms with E-state index in [1.807, 2.05) is 12.1 Å². The normalized spacial score (nSPS) is 25.9. The van der Waals surface area contributed by atoms with Gasteiger partial charge in [0.2, 0.25) is 5.91 Å². The standard InChI is InChI=1S/C20H30N2O3/c1-22-12-9-16(19(22)15-5-7-17(25-2)8-6-15)14-21-18(23)13-20(24)10-3-4-11-20/h5-8,16,19,24H,3-4,9-14H2,1-2H3,(H,21,23)/t16-,19-/m0/s1. The summed E-state index contributed by atoms with van der Waals surface area (Å²) in [6.45, 7) is 1.69. The van der Waals surface area contributed by atoms with Crippen LogP contribution in [0.1, 0.15) is 50.1 Å². The smallest absolute Gasteiger partial charge is 0.222 e.